The summed E-state index contributed by atoms with van der Waals surface area (Å²) in [5, 5.41) is 3.51. The van der Waals surface area contributed by atoms with Crippen molar-refractivity contribution >= 4 is 46.0 Å². The standard InChI is InChI=1S/C24H32Cl2N6O/c25-21-20-19(30-24(26)31-21)13-17-32(20)16-10-8-6-4-2-1-3-5-7-9-14-29-23(33)18-12-11-15-28-22(18)27/h11-13,15,17H,1-10,14,16H2,(H2,27,28)(H,29,33). The number of halogens is 2. The van der Waals surface area contributed by atoms with Crippen molar-refractivity contribution in [2.75, 3.05) is 12.3 Å². The van der Waals surface area contributed by atoms with Gasteiger partial charge in [0, 0.05) is 25.5 Å². The van der Waals surface area contributed by atoms with Gasteiger partial charge in [-0.25, -0.2) is 15.0 Å². The lowest BCUT2D eigenvalue weighted by atomic mass is 10.1. The third-order valence-corrected chi connectivity index (χ3v) is 6.17. The Kier molecular flexibility index (Phi) is 10.2. The summed E-state index contributed by atoms with van der Waals surface area (Å²) in [7, 11) is 0. The number of fused-ring (bicyclic) bond motifs is 1. The molecular formula is C24H32Cl2N6O. The van der Waals surface area contributed by atoms with Gasteiger partial charge in [-0.3, -0.25) is 4.79 Å². The number of anilines is 1. The van der Waals surface area contributed by atoms with E-state index in [9.17, 15) is 4.79 Å². The van der Waals surface area contributed by atoms with Gasteiger partial charge in [0.15, 0.2) is 5.15 Å². The average Bonchev–Trinajstić information content (AvgIpc) is 3.20. The van der Waals surface area contributed by atoms with Gasteiger partial charge in [0.1, 0.15) is 11.3 Å². The molecule has 3 N–H and O–H groups in total. The van der Waals surface area contributed by atoms with Gasteiger partial charge in [-0.1, -0.05) is 63.0 Å². The van der Waals surface area contributed by atoms with Gasteiger partial charge in [-0.15, -0.1) is 0 Å². The van der Waals surface area contributed by atoms with E-state index < -0.39 is 0 Å². The Morgan fingerprint density at radius 1 is 0.939 bits per heavy atom. The van der Waals surface area contributed by atoms with Crippen LogP contribution in [0.5, 0.6) is 0 Å². The number of hydrogen-bond donors (Lipinski definition) is 2. The van der Waals surface area contributed by atoms with Gasteiger partial charge in [0.2, 0.25) is 5.28 Å². The molecule has 3 aromatic rings. The zero-order valence-corrected chi connectivity index (χ0v) is 20.4. The van der Waals surface area contributed by atoms with E-state index in [1.807, 2.05) is 12.3 Å². The quantitative estimate of drug-likeness (QED) is 0.163. The molecule has 0 aromatic carbocycles. The van der Waals surface area contributed by atoms with E-state index in [1.165, 1.54) is 44.9 Å². The summed E-state index contributed by atoms with van der Waals surface area (Å²) in [5.74, 6) is 0.129. The molecule has 3 aromatic heterocycles. The number of nitrogens with zero attached hydrogens (tertiary/aromatic N) is 4. The monoisotopic (exact) mass is 490 g/mol. The first-order chi connectivity index (χ1) is 16.1. The van der Waals surface area contributed by atoms with E-state index in [-0.39, 0.29) is 17.0 Å². The number of hydrogen-bond acceptors (Lipinski definition) is 5. The largest absolute Gasteiger partial charge is 0.383 e. The molecule has 7 nitrogen and oxygen atoms in total. The first kappa shape index (κ1) is 25.2. The van der Waals surface area contributed by atoms with Crippen LogP contribution in [-0.4, -0.2) is 32.0 Å². The molecule has 0 aliphatic carbocycles. The van der Waals surface area contributed by atoms with Crippen molar-refractivity contribution in [2.24, 2.45) is 0 Å². The molecule has 3 rings (SSSR count). The van der Waals surface area contributed by atoms with Gasteiger partial charge < -0.3 is 15.6 Å². The van der Waals surface area contributed by atoms with Crippen LogP contribution in [0.2, 0.25) is 10.4 Å². The fourth-order valence-electron chi connectivity index (χ4n) is 3.95. The number of unbranched alkanes of at least 4 members (excludes halogenated alkanes) is 9. The van der Waals surface area contributed by atoms with E-state index in [0.717, 1.165) is 36.8 Å². The second-order valence-corrected chi connectivity index (χ2v) is 8.95. The van der Waals surface area contributed by atoms with Crippen LogP contribution in [0.3, 0.4) is 0 Å². The molecule has 3 heterocycles. The van der Waals surface area contributed by atoms with Crippen molar-refractivity contribution in [3.8, 4) is 0 Å². The SMILES string of the molecule is Nc1ncccc1C(=O)NCCCCCCCCCCCCn1ccc2nc(Cl)nc(Cl)c21. The number of aromatic nitrogens is 4. The predicted octanol–water partition coefficient (Wildman–Crippen LogP) is 6.05. The van der Waals surface area contributed by atoms with Crippen LogP contribution in [0.1, 0.15) is 74.6 Å². The zero-order chi connectivity index (χ0) is 23.5. The maximum absolute atomic E-state index is 12.1. The maximum Gasteiger partial charge on any atom is 0.255 e. The molecule has 0 radical (unpaired) electrons. The zero-order valence-electron chi connectivity index (χ0n) is 18.9. The van der Waals surface area contributed by atoms with Gasteiger partial charge in [-0.2, -0.15) is 0 Å². The van der Waals surface area contributed by atoms with Gasteiger partial charge >= 0.3 is 0 Å². The molecular weight excluding hydrogens is 459 g/mol. The topological polar surface area (TPSA) is 98.7 Å². The molecule has 0 unspecified atom stereocenters. The minimum atomic E-state index is -0.147. The molecule has 9 heteroatoms. The van der Waals surface area contributed by atoms with Crippen LogP contribution in [-0.2, 0) is 6.54 Å². The molecule has 0 aliphatic heterocycles. The van der Waals surface area contributed by atoms with Crippen LogP contribution in [0.25, 0.3) is 11.0 Å². The highest BCUT2D eigenvalue weighted by Crippen LogP contribution is 2.23. The molecule has 0 bridgehead atoms. The van der Waals surface area contributed by atoms with Crippen LogP contribution >= 0.6 is 23.2 Å². The Bertz CT molecular complexity index is 1040. The van der Waals surface area contributed by atoms with Crippen LogP contribution in [0, 0.1) is 0 Å². The first-order valence-corrected chi connectivity index (χ1v) is 12.5. The lowest BCUT2D eigenvalue weighted by Crippen LogP contribution is -2.25. The Hall–Kier alpha value is -2.38. The van der Waals surface area contributed by atoms with Gasteiger partial charge in [-0.05, 0) is 42.6 Å². The van der Waals surface area contributed by atoms with Crippen LogP contribution in [0.15, 0.2) is 30.6 Å². The second-order valence-electron chi connectivity index (χ2n) is 8.25. The Balaban J connectivity index is 1.16. The molecule has 0 saturated heterocycles. The van der Waals surface area contributed by atoms with E-state index in [1.54, 1.807) is 18.3 Å². The van der Waals surface area contributed by atoms with E-state index in [0.29, 0.717) is 17.3 Å². The van der Waals surface area contributed by atoms with Crippen LogP contribution in [0.4, 0.5) is 5.82 Å². The highest BCUT2D eigenvalue weighted by Gasteiger charge is 2.10. The molecule has 0 spiro atoms. The summed E-state index contributed by atoms with van der Waals surface area (Å²) < 4.78 is 2.11. The normalized spacial score (nSPS) is 11.2. The minimum Gasteiger partial charge on any atom is -0.383 e. The molecule has 0 atom stereocenters. The molecule has 178 valence electrons. The molecule has 0 fully saturated rings. The number of nitrogen functional groups attached to an aromatic ring is 1. The van der Waals surface area contributed by atoms with E-state index in [2.05, 4.69) is 24.8 Å². The molecule has 0 saturated carbocycles. The van der Waals surface area contributed by atoms with Crippen molar-refractivity contribution in [1.29, 1.82) is 0 Å². The Morgan fingerprint density at radius 3 is 2.30 bits per heavy atom. The Morgan fingerprint density at radius 2 is 1.61 bits per heavy atom. The highest BCUT2D eigenvalue weighted by molar-refractivity contribution is 6.35. The second kappa shape index (κ2) is 13.4. The van der Waals surface area contributed by atoms with Crippen molar-refractivity contribution in [1.82, 2.24) is 24.8 Å². The lowest BCUT2D eigenvalue weighted by Gasteiger charge is -2.07. The number of nitrogens with one attached hydrogen (secondary N) is 1. The fourth-order valence-corrected chi connectivity index (χ4v) is 4.45. The summed E-state index contributed by atoms with van der Waals surface area (Å²) in [6, 6.07) is 5.35. The van der Waals surface area contributed by atoms with E-state index in [4.69, 9.17) is 28.9 Å². The predicted molar refractivity (Wildman–Crippen MR) is 135 cm³/mol. The highest BCUT2D eigenvalue weighted by atomic mass is 35.5. The van der Waals surface area contributed by atoms with Gasteiger partial charge in [0.05, 0.1) is 11.1 Å². The number of carbonyl (C=O) groups excluding carboxylic acids is 1. The smallest absolute Gasteiger partial charge is 0.255 e. The number of nitrogens with two attached hydrogens (primary N) is 1. The fraction of sp³-hybridized carbons (Fsp3) is 0.500. The molecule has 0 aliphatic rings. The van der Waals surface area contributed by atoms with Crippen molar-refractivity contribution in [3.05, 3.63) is 46.6 Å². The summed E-state index contributed by atoms with van der Waals surface area (Å²) in [5.41, 5.74) is 7.83. The number of pyridine rings is 1. The Labute approximate surface area is 205 Å². The number of amides is 1. The third kappa shape index (κ3) is 7.86. The van der Waals surface area contributed by atoms with Gasteiger partial charge in [0.25, 0.3) is 5.91 Å². The van der Waals surface area contributed by atoms with Crippen molar-refractivity contribution in [3.63, 3.8) is 0 Å². The molecule has 1 amide bonds. The van der Waals surface area contributed by atoms with Crippen molar-refractivity contribution in [2.45, 2.75) is 70.8 Å². The number of rotatable bonds is 14. The summed E-state index contributed by atoms with van der Waals surface area (Å²) in [6.07, 6.45) is 15.5. The van der Waals surface area contributed by atoms with Crippen LogP contribution < -0.4 is 11.1 Å². The van der Waals surface area contributed by atoms with Crippen molar-refractivity contribution < 1.29 is 4.79 Å². The number of aryl methyl sites for hydroxylation is 1. The minimum absolute atomic E-state index is 0.147. The molecule has 33 heavy (non-hydrogen) atoms. The maximum atomic E-state index is 12.1. The lowest BCUT2D eigenvalue weighted by molar-refractivity contribution is 0.0953. The average molecular weight is 491 g/mol. The first-order valence-electron chi connectivity index (χ1n) is 11.7. The summed E-state index contributed by atoms with van der Waals surface area (Å²) in [4.78, 5) is 24.2. The number of carbonyl (C=O) groups is 1. The van der Waals surface area contributed by atoms with E-state index >= 15 is 0 Å². The third-order valence-electron chi connectivity index (χ3n) is 5.74. The summed E-state index contributed by atoms with van der Waals surface area (Å²) >= 11 is 12.1. The summed E-state index contributed by atoms with van der Waals surface area (Å²) in [6.45, 7) is 1.59.